The molecule has 2 heteroatoms. The van der Waals surface area contributed by atoms with Gasteiger partial charge in [-0.2, -0.15) is 0 Å². The molecule has 0 spiro atoms. The summed E-state index contributed by atoms with van der Waals surface area (Å²) in [6, 6.07) is 8.41. The van der Waals surface area contributed by atoms with Gasteiger partial charge >= 0.3 is 0 Å². The maximum Gasteiger partial charge on any atom is 0.123 e. The number of halogens is 1. The SMILES string of the molecule is CC1(C)CCCC1NC1CC(c2cccc(F)c2)C1. The minimum atomic E-state index is -0.106. The molecule has 2 aliphatic carbocycles. The minimum absolute atomic E-state index is 0.106. The first-order valence-electron chi connectivity index (χ1n) is 7.56. The molecular formula is C17H24FN. The highest BCUT2D eigenvalue weighted by Crippen LogP contribution is 2.41. The first-order valence-corrected chi connectivity index (χ1v) is 7.56. The summed E-state index contributed by atoms with van der Waals surface area (Å²) >= 11 is 0. The molecule has 2 aliphatic rings. The topological polar surface area (TPSA) is 12.0 Å². The third-order valence-electron chi connectivity index (χ3n) is 5.15. The fraction of sp³-hybridized carbons (Fsp3) is 0.647. The molecule has 0 amide bonds. The standard InChI is InChI=1S/C17H24FN/c1-17(2)8-4-7-16(17)19-15-10-13(11-15)12-5-3-6-14(18)9-12/h3,5-6,9,13,15-16,19H,4,7-8,10-11H2,1-2H3. The van der Waals surface area contributed by atoms with Crippen LogP contribution < -0.4 is 5.32 Å². The average Bonchev–Trinajstić information content (AvgIpc) is 2.62. The molecule has 1 unspecified atom stereocenters. The summed E-state index contributed by atoms with van der Waals surface area (Å²) in [5, 5.41) is 3.83. The van der Waals surface area contributed by atoms with E-state index in [9.17, 15) is 4.39 Å². The number of nitrogens with one attached hydrogen (secondary N) is 1. The lowest BCUT2D eigenvalue weighted by molar-refractivity contribution is 0.202. The van der Waals surface area contributed by atoms with Gasteiger partial charge in [0.1, 0.15) is 5.82 Å². The van der Waals surface area contributed by atoms with Crippen LogP contribution in [0.1, 0.15) is 57.4 Å². The smallest absolute Gasteiger partial charge is 0.123 e. The summed E-state index contributed by atoms with van der Waals surface area (Å²) in [4.78, 5) is 0. The highest BCUT2D eigenvalue weighted by atomic mass is 19.1. The Morgan fingerprint density at radius 3 is 2.68 bits per heavy atom. The van der Waals surface area contributed by atoms with Crippen molar-refractivity contribution in [3.63, 3.8) is 0 Å². The Kier molecular flexibility index (Phi) is 3.38. The summed E-state index contributed by atoms with van der Waals surface area (Å²) in [6.07, 6.45) is 6.33. The van der Waals surface area contributed by atoms with Crippen molar-refractivity contribution in [2.75, 3.05) is 0 Å². The van der Waals surface area contributed by atoms with Gasteiger partial charge in [-0.1, -0.05) is 32.4 Å². The molecule has 0 aromatic heterocycles. The van der Waals surface area contributed by atoms with E-state index in [0.717, 1.165) is 12.8 Å². The van der Waals surface area contributed by atoms with Gasteiger partial charge < -0.3 is 5.32 Å². The number of benzene rings is 1. The molecule has 104 valence electrons. The quantitative estimate of drug-likeness (QED) is 0.858. The van der Waals surface area contributed by atoms with Crippen LogP contribution in [0.15, 0.2) is 24.3 Å². The molecule has 1 N–H and O–H groups in total. The van der Waals surface area contributed by atoms with Crippen LogP contribution in [0.5, 0.6) is 0 Å². The third kappa shape index (κ3) is 2.69. The van der Waals surface area contributed by atoms with Gasteiger partial charge in [0.25, 0.3) is 0 Å². The van der Waals surface area contributed by atoms with Crippen molar-refractivity contribution < 1.29 is 4.39 Å². The molecule has 0 aliphatic heterocycles. The monoisotopic (exact) mass is 261 g/mol. The summed E-state index contributed by atoms with van der Waals surface area (Å²) in [7, 11) is 0. The Hall–Kier alpha value is -0.890. The van der Waals surface area contributed by atoms with Crippen LogP contribution in [0.4, 0.5) is 4.39 Å². The molecule has 0 radical (unpaired) electrons. The van der Waals surface area contributed by atoms with E-state index in [-0.39, 0.29) is 5.82 Å². The van der Waals surface area contributed by atoms with Crippen molar-refractivity contribution in [1.29, 1.82) is 0 Å². The Balaban J connectivity index is 1.53. The minimum Gasteiger partial charge on any atom is -0.311 e. The van der Waals surface area contributed by atoms with Crippen molar-refractivity contribution in [3.05, 3.63) is 35.6 Å². The van der Waals surface area contributed by atoms with Crippen molar-refractivity contribution >= 4 is 0 Å². The first-order chi connectivity index (χ1) is 9.04. The van der Waals surface area contributed by atoms with E-state index in [1.807, 2.05) is 6.07 Å². The molecule has 0 saturated heterocycles. The Morgan fingerprint density at radius 1 is 1.26 bits per heavy atom. The molecule has 0 heterocycles. The molecule has 0 bridgehead atoms. The van der Waals surface area contributed by atoms with Gasteiger partial charge in [0.05, 0.1) is 0 Å². The second kappa shape index (κ2) is 4.90. The maximum atomic E-state index is 13.2. The lowest BCUT2D eigenvalue weighted by Crippen LogP contribution is -2.49. The molecule has 1 atom stereocenters. The molecule has 2 saturated carbocycles. The molecule has 2 fully saturated rings. The van der Waals surface area contributed by atoms with Crippen molar-refractivity contribution in [1.82, 2.24) is 5.32 Å². The summed E-state index contributed by atoms with van der Waals surface area (Å²) in [5.41, 5.74) is 1.62. The summed E-state index contributed by atoms with van der Waals surface area (Å²) in [6.45, 7) is 4.75. The zero-order valence-corrected chi connectivity index (χ0v) is 12.0. The average molecular weight is 261 g/mol. The van der Waals surface area contributed by atoms with Gasteiger partial charge in [-0.3, -0.25) is 0 Å². The predicted molar refractivity (Wildman–Crippen MR) is 76.7 cm³/mol. The van der Waals surface area contributed by atoms with Crippen molar-refractivity contribution in [2.24, 2.45) is 5.41 Å². The Bertz CT molecular complexity index is 448. The zero-order chi connectivity index (χ0) is 13.5. The van der Waals surface area contributed by atoms with Gasteiger partial charge in [0.15, 0.2) is 0 Å². The van der Waals surface area contributed by atoms with E-state index in [0.29, 0.717) is 23.4 Å². The molecule has 1 aromatic rings. The molecule has 3 rings (SSSR count). The Labute approximate surface area is 115 Å². The van der Waals surface area contributed by atoms with Crippen LogP contribution in [0.25, 0.3) is 0 Å². The molecule has 1 aromatic carbocycles. The van der Waals surface area contributed by atoms with E-state index >= 15 is 0 Å². The first kappa shape index (κ1) is 13.1. The van der Waals surface area contributed by atoms with E-state index in [2.05, 4.69) is 25.2 Å². The molecule has 1 nitrogen and oxygen atoms in total. The Morgan fingerprint density at radius 2 is 2.05 bits per heavy atom. The van der Waals surface area contributed by atoms with E-state index in [1.54, 1.807) is 6.07 Å². The van der Waals surface area contributed by atoms with Gasteiger partial charge in [0.2, 0.25) is 0 Å². The summed E-state index contributed by atoms with van der Waals surface area (Å²) < 4.78 is 13.2. The number of hydrogen-bond donors (Lipinski definition) is 1. The third-order valence-corrected chi connectivity index (χ3v) is 5.15. The predicted octanol–water partition coefficient (Wildman–Crippen LogP) is 4.24. The lowest BCUT2D eigenvalue weighted by Gasteiger charge is -2.41. The molecule has 19 heavy (non-hydrogen) atoms. The second-order valence-corrected chi connectivity index (χ2v) is 7.02. The van der Waals surface area contributed by atoms with Gasteiger partial charge in [0, 0.05) is 12.1 Å². The largest absolute Gasteiger partial charge is 0.311 e. The van der Waals surface area contributed by atoms with Gasteiger partial charge in [-0.25, -0.2) is 4.39 Å². The van der Waals surface area contributed by atoms with Crippen LogP contribution in [0.2, 0.25) is 0 Å². The maximum absolute atomic E-state index is 13.2. The van der Waals surface area contributed by atoms with Crippen LogP contribution in [0.3, 0.4) is 0 Å². The lowest BCUT2D eigenvalue weighted by atomic mass is 9.74. The van der Waals surface area contributed by atoms with Crippen LogP contribution >= 0.6 is 0 Å². The van der Waals surface area contributed by atoms with E-state index in [1.165, 1.54) is 30.9 Å². The van der Waals surface area contributed by atoms with Crippen LogP contribution in [-0.2, 0) is 0 Å². The fourth-order valence-electron chi connectivity index (χ4n) is 3.71. The summed E-state index contributed by atoms with van der Waals surface area (Å²) in [5.74, 6) is 0.448. The van der Waals surface area contributed by atoms with Gasteiger partial charge in [-0.15, -0.1) is 0 Å². The fourth-order valence-corrected chi connectivity index (χ4v) is 3.71. The number of hydrogen-bond acceptors (Lipinski definition) is 1. The zero-order valence-electron chi connectivity index (χ0n) is 12.0. The van der Waals surface area contributed by atoms with Crippen LogP contribution in [-0.4, -0.2) is 12.1 Å². The van der Waals surface area contributed by atoms with Crippen LogP contribution in [0, 0.1) is 11.2 Å². The highest BCUT2D eigenvalue weighted by molar-refractivity contribution is 5.24. The van der Waals surface area contributed by atoms with Gasteiger partial charge in [-0.05, 0) is 54.7 Å². The van der Waals surface area contributed by atoms with Crippen molar-refractivity contribution in [2.45, 2.75) is 64.0 Å². The van der Waals surface area contributed by atoms with E-state index in [4.69, 9.17) is 0 Å². The van der Waals surface area contributed by atoms with Crippen molar-refractivity contribution in [3.8, 4) is 0 Å². The van der Waals surface area contributed by atoms with E-state index < -0.39 is 0 Å². The molecular weight excluding hydrogens is 237 g/mol. The second-order valence-electron chi connectivity index (χ2n) is 7.02. The normalized spacial score (nSPS) is 33.1. The number of rotatable bonds is 3. The highest BCUT2D eigenvalue weighted by Gasteiger charge is 2.38.